The molecule has 0 saturated heterocycles. The molecular formula is C8H14N4O3. The first-order chi connectivity index (χ1) is 7.19. The topological polar surface area (TPSA) is 114 Å². The quantitative estimate of drug-likeness (QED) is 0.562. The number of nitrogens with two attached hydrogens (primary N) is 1. The van der Waals surface area contributed by atoms with E-state index in [-0.39, 0.29) is 18.3 Å². The molecule has 15 heavy (non-hydrogen) atoms. The molecule has 1 atom stereocenters. The van der Waals surface area contributed by atoms with E-state index < -0.39 is 12.1 Å². The van der Waals surface area contributed by atoms with Crippen molar-refractivity contribution in [2.24, 2.45) is 5.73 Å². The van der Waals surface area contributed by atoms with Crippen LogP contribution in [-0.2, 0) is 4.74 Å². The average Bonchev–Trinajstić information content (AvgIpc) is 2.67. The highest BCUT2D eigenvalue weighted by molar-refractivity contribution is 5.84. The fourth-order valence-electron chi connectivity index (χ4n) is 1.00. The first-order valence-corrected chi connectivity index (χ1v) is 4.66. The molecule has 7 nitrogen and oxygen atoms in total. The largest absolute Gasteiger partial charge is 0.460 e. The van der Waals surface area contributed by atoms with Gasteiger partial charge in [0.1, 0.15) is 6.10 Å². The summed E-state index contributed by atoms with van der Waals surface area (Å²) >= 11 is 0. The lowest BCUT2D eigenvalue weighted by molar-refractivity contribution is 0.0512. The van der Waals surface area contributed by atoms with E-state index in [9.17, 15) is 9.90 Å². The molecule has 0 bridgehead atoms. The second kappa shape index (κ2) is 5.42. The number of aromatic amines is 1. The van der Waals surface area contributed by atoms with Crippen LogP contribution in [-0.4, -0.2) is 39.4 Å². The Hall–Kier alpha value is -1.47. The predicted octanol–water partition coefficient (Wildman–Crippen LogP) is -0.636. The minimum atomic E-state index is -0.828. The van der Waals surface area contributed by atoms with Gasteiger partial charge in [0.05, 0.1) is 6.61 Å². The van der Waals surface area contributed by atoms with Crippen molar-refractivity contribution in [3.63, 3.8) is 0 Å². The lowest BCUT2D eigenvalue weighted by Gasteiger charge is -2.02. The molecule has 0 aliphatic heterocycles. The number of carbonyl (C=O) groups excluding carboxylic acids is 1. The van der Waals surface area contributed by atoms with Crippen molar-refractivity contribution in [2.75, 3.05) is 13.2 Å². The minimum Gasteiger partial charge on any atom is -0.460 e. The molecule has 84 valence electrons. The van der Waals surface area contributed by atoms with Crippen LogP contribution in [0, 0.1) is 0 Å². The fourth-order valence-corrected chi connectivity index (χ4v) is 1.00. The molecule has 1 aromatic rings. The zero-order valence-corrected chi connectivity index (χ0v) is 8.43. The van der Waals surface area contributed by atoms with Crippen molar-refractivity contribution in [2.45, 2.75) is 19.4 Å². The summed E-state index contributed by atoms with van der Waals surface area (Å²) in [5.41, 5.74) is 5.27. The molecule has 0 saturated carbocycles. The lowest BCUT2D eigenvalue weighted by Crippen LogP contribution is -2.09. The van der Waals surface area contributed by atoms with Crippen LogP contribution in [0.4, 0.5) is 0 Å². The number of hydrogen-bond donors (Lipinski definition) is 3. The third-order valence-corrected chi connectivity index (χ3v) is 1.72. The Labute approximate surface area is 86.6 Å². The first kappa shape index (κ1) is 11.6. The number of nitrogens with one attached hydrogen (secondary N) is 1. The number of aliphatic hydroxyl groups excluding tert-OH is 1. The number of ether oxygens (including phenoxy) is 1. The molecule has 4 N–H and O–H groups in total. The number of esters is 1. The number of aliphatic hydroxyl groups is 1. The summed E-state index contributed by atoms with van der Waals surface area (Å²) in [7, 11) is 0. The summed E-state index contributed by atoms with van der Waals surface area (Å²) in [6.45, 7) is 2.28. The second-order valence-electron chi connectivity index (χ2n) is 2.86. The first-order valence-electron chi connectivity index (χ1n) is 4.66. The van der Waals surface area contributed by atoms with Gasteiger partial charge >= 0.3 is 5.97 Å². The van der Waals surface area contributed by atoms with E-state index in [1.54, 1.807) is 6.92 Å². The van der Waals surface area contributed by atoms with Crippen molar-refractivity contribution in [1.82, 2.24) is 15.2 Å². The fraction of sp³-hybridized carbons (Fsp3) is 0.625. The molecule has 0 aliphatic carbocycles. The maximum absolute atomic E-state index is 11.2. The van der Waals surface area contributed by atoms with Gasteiger partial charge in [-0.1, -0.05) is 0 Å². The molecule has 0 spiro atoms. The molecule has 0 amide bonds. The molecule has 1 aromatic heterocycles. The van der Waals surface area contributed by atoms with Crippen LogP contribution in [0.15, 0.2) is 0 Å². The summed E-state index contributed by atoms with van der Waals surface area (Å²) < 4.78 is 4.69. The third-order valence-electron chi connectivity index (χ3n) is 1.72. The van der Waals surface area contributed by atoms with E-state index >= 15 is 0 Å². The van der Waals surface area contributed by atoms with Crippen LogP contribution >= 0.6 is 0 Å². The number of aromatic nitrogens is 3. The maximum atomic E-state index is 11.2. The number of H-pyrrole nitrogens is 1. The summed E-state index contributed by atoms with van der Waals surface area (Å²) in [5, 5.41) is 15.6. The Bertz CT molecular complexity index is 325. The summed E-state index contributed by atoms with van der Waals surface area (Å²) in [6, 6.07) is 0. The Kier molecular flexibility index (Phi) is 4.19. The third kappa shape index (κ3) is 3.00. The molecule has 0 aromatic carbocycles. The van der Waals surface area contributed by atoms with Crippen LogP contribution in [0.5, 0.6) is 0 Å². The minimum absolute atomic E-state index is 0.0806. The monoisotopic (exact) mass is 214 g/mol. The standard InChI is InChI=1S/C8H14N4O3/c1-2-15-8(14)7-10-6(11-12-7)5(13)3-4-9/h5,13H,2-4,9H2,1H3,(H,10,11,12)/t5-/m0/s1. The van der Waals surface area contributed by atoms with Gasteiger partial charge in [0.15, 0.2) is 5.82 Å². The van der Waals surface area contributed by atoms with Crippen molar-refractivity contribution in [1.29, 1.82) is 0 Å². The summed E-state index contributed by atoms with van der Waals surface area (Å²) in [6.07, 6.45) is -0.469. The molecule has 0 fully saturated rings. The normalized spacial score (nSPS) is 12.5. The van der Waals surface area contributed by atoms with E-state index in [0.717, 1.165) is 0 Å². The van der Waals surface area contributed by atoms with Gasteiger partial charge in [0.2, 0.25) is 0 Å². The van der Waals surface area contributed by atoms with E-state index in [2.05, 4.69) is 15.2 Å². The van der Waals surface area contributed by atoms with Crippen LogP contribution in [0.3, 0.4) is 0 Å². The highest BCUT2D eigenvalue weighted by Gasteiger charge is 2.17. The van der Waals surface area contributed by atoms with E-state index in [0.29, 0.717) is 13.0 Å². The van der Waals surface area contributed by atoms with Crippen LogP contribution in [0.25, 0.3) is 0 Å². The Balaban J connectivity index is 2.67. The van der Waals surface area contributed by atoms with Crippen molar-refractivity contribution >= 4 is 5.97 Å². The van der Waals surface area contributed by atoms with Gasteiger partial charge in [-0.2, -0.15) is 0 Å². The van der Waals surface area contributed by atoms with Gasteiger partial charge < -0.3 is 15.6 Å². The lowest BCUT2D eigenvalue weighted by atomic mass is 10.2. The van der Waals surface area contributed by atoms with Crippen molar-refractivity contribution in [3.8, 4) is 0 Å². The Morgan fingerprint density at radius 3 is 3.07 bits per heavy atom. The second-order valence-corrected chi connectivity index (χ2v) is 2.86. The number of hydrogen-bond acceptors (Lipinski definition) is 6. The zero-order chi connectivity index (χ0) is 11.3. The zero-order valence-electron chi connectivity index (χ0n) is 8.43. The van der Waals surface area contributed by atoms with Gasteiger partial charge in [-0.05, 0) is 19.9 Å². The molecular weight excluding hydrogens is 200 g/mol. The van der Waals surface area contributed by atoms with E-state index in [4.69, 9.17) is 10.5 Å². The molecule has 1 heterocycles. The van der Waals surface area contributed by atoms with Crippen molar-refractivity contribution < 1.29 is 14.6 Å². The van der Waals surface area contributed by atoms with Crippen LogP contribution in [0.2, 0.25) is 0 Å². The highest BCUT2D eigenvalue weighted by Crippen LogP contribution is 2.10. The van der Waals surface area contributed by atoms with E-state index in [1.807, 2.05) is 0 Å². The van der Waals surface area contributed by atoms with Gasteiger partial charge in [-0.15, -0.1) is 5.10 Å². The summed E-state index contributed by atoms with van der Waals surface area (Å²) in [4.78, 5) is 15.0. The highest BCUT2D eigenvalue weighted by atomic mass is 16.5. The average molecular weight is 214 g/mol. The molecule has 0 unspecified atom stereocenters. The van der Waals surface area contributed by atoms with Crippen LogP contribution in [0.1, 0.15) is 35.9 Å². The smallest absolute Gasteiger partial charge is 0.378 e. The van der Waals surface area contributed by atoms with Gasteiger partial charge in [-0.3, -0.25) is 5.10 Å². The number of nitrogens with zero attached hydrogens (tertiary/aromatic N) is 2. The molecule has 7 heteroatoms. The summed E-state index contributed by atoms with van der Waals surface area (Å²) in [5.74, 6) is -0.466. The maximum Gasteiger partial charge on any atom is 0.378 e. The Morgan fingerprint density at radius 2 is 2.47 bits per heavy atom. The van der Waals surface area contributed by atoms with Gasteiger partial charge in [0, 0.05) is 0 Å². The van der Waals surface area contributed by atoms with Crippen molar-refractivity contribution in [3.05, 3.63) is 11.6 Å². The van der Waals surface area contributed by atoms with Gasteiger partial charge in [0.25, 0.3) is 5.82 Å². The SMILES string of the molecule is CCOC(=O)c1n[nH]c([C@@H](O)CCN)n1. The van der Waals surface area contributed by atoms with Gasteiger partial charge in [-0.25, -0.2) is 9.78 Å². The number of rotatable bonds is 5. The molecule has 0 aliphatic rings. The molecule has 1 rings (SSSR count). The van der Waals surface area contributed by atoms with Crippen LogP contribution < -0.4 is 5.73 Å². The molecule has 0 radical (unpaired) electrons. The van der Waals surface area contributed by atoms with E-state index in [1.165, 1.54) is 0 Å². The Morgan fingerprint density at radius 1 is 1.73 bits per heavy atom. The number of carbonyl (C=O) groups is 1. The predicted molar refractivity (Wildman–Crippen MR) is 51.0 cm³/mol.